The first-order chi connectivity index (χ1) is 13.1. The molecule has 0 aliphatic carbocycles. The highest BCUT2D eigenvalue weighted by Crippen LogP contribution is 2.36. The summed E-state index contributed by atoms with van der Waals surface area (Å²) in [7, 11) is 0. The van der Waals surface area contributed by atoms with E-state index in [1.165, 1.54) is 0 Å². The van der Waals surface area contributed by atoms with Crippen LogP contribution in [-0.2, 0) is 23.4 Å². The molecule has 3 aromatic carbocycles. The maximum atomic E-state index is 13.3. The summed E-state index contributed by atoms with van der Waals surface area (Å²) in [5.41, 5.74) is 0.623. The molecule has 1 heterocycles. The van der Waals surface area contributed by atoms with Gasteiger partial charge in [0.2, 0.25) is 0 Å². The summed E-state index contributed by atoms with van der Waals surface area (Å²) in [4.78, 5) is 27.4. The molecule has 4 heteroatoms. The molecule has 3 aromatic rings. The SMILES string of the molecule is O=C1c2ccccc2C(O)(Cc2ccccc2)C(=O)N1Cc1ccccc1. The van der Waals surface area contributed by atoms with E-state index in [0.29, 0.717) is 11.1 Å². The van der Waals surface area contributed by atoms with Gasteiger partial charge in [0.25, 0.3) is 11.8 Å². The van der Waals surface area contributed by atoms with Crippen LogP contribution in [0.2, 0.25) is 0 Å². The highest BCUT2D eigenvalue weighted by atomic mass is 16.3. The Morgan fingerprint density at radius 1 is 0.741 bits per heavy atom. The van der Waals surface area contributed by atoms with Crippen molar-refractivity contribution in [3.05, 3.63) is 107 Å². The zero-order chi connectivity index (χ0) is 18.9. The molecule has 4 rings (SSSR count). The van der Waals surface area contributed by atoms with Crippen LogP contribution in [0.1, 0.15) is 27.0 Å². The maximum absolute atomic E-state index is 13.3. The van der Waals surface area contributed by atoms with Gasteiger partial charge in [-0.25, -0.2) is 0 Å². The number of rotatable bonds is 4. The number of hydrogen-bond donors (Lipinski definition) is 1. The minimum atomic E-state index is -1.78. The van der Waals surface area contributed by atoms with Crippen LogP contribution in [0, 0.1) is 0 Å². The van der Waals surface area contributed by atoms with Crippen molar-refractivity contribution >= 4 is 11.8 Å². The fraction of sp³-hybridized carbons (Fsp3) is 0.130. The van der Waals surface area contributed by atoms with Gasteiger partial charge in [0.05, 0.1) is 6.54 Å². The molecule has 0 bridgehead atoms. The fourth-order valence-electron chi connectivity index (χ4n) is 3.58. The Morgan fingerprint density at radius 3 is 1.96 bits per heavy atom. The van der Waals surface area contributed by atoms with Crippen molar-refractivity contribution in [2.75, 3.05) is 0 Å². The summed E-state index contributed by atoms with van der Waals surface area (Å²) in [6.07, 6.45) is 0.113. The van der Waals surface area contributed by atoms with Crippen molar-refractivity contribution in [3.63, 3.8) is 0 Å². The predicted octanol–water partition coefficient (Wildman–Crippen LogP) is 3.30. The Morgan fingerprint density at radius 2 is 1.30 bits per heavy atom. The van der Waals surface area contributed by atoms with Crippen LogP contribution in [0.15, 0.2) is 84.9 Å². The van der Waals surface area contributed by atoms with E-state index in [2.05, 4.69) is 0 Å². The number of nitrogens with zero attached hydrogens (tertiary/aromatic N) is 1. The largest absolute Gasteiger partial charge is 0.375 e. The second kappa shape index (κ2) is 6.82. The Hall–Kier alpha value is -3.24. The van der Waals surface area contributed by atoms with Crippen LogP contribution in [0.5, 0.6) is 0 Å². The van der Waals surface area contributed by atoms with Gasteiger partial charge >= 0.3 is 0 Å². The van der Waals surface area contributed by atoms with Crippen molar-refractivity contribution in [2.45, 2.75) is 18.6 Å². The number of carbonyl (C=O) groups is 2. The summed E-state index contributed by atoms with van der Waals surface area (Å²) < 4.78 is 0. The Kier molecular flexibility index (Phi) is 4.34. The number of fused-ring (bicyclic) bond motifs is 1. The van der Waals surface area contributed by atoms with Crippen LogP contribution in [0.3, 0.4) is 0 Å². The Balaban J connectivity index is 1.79. The van der Waals surface area contributed by atoms with Crippen molar-refractivity contribution < 1.29 is 14.7 Å². The van der Waals surface area contributed by atoms with E-state index in [0.717, 1.165) is 16.0 Å². The van der Waals surface area contributed by atoms with Crippen LogP contribution >= 0.6 is 0 Å². The number of aliphatic hydroxyl groups is 1. The highest BCUT2D eigenvalue weighted by molar-refractivity contribution is 6.12. The lowest BCUT2D eigenvalue weighted by molar-refractivity contribution is -0.151. The Labute approximate surface area is 157 Å². The Bertz CT molecular complexity index is 985. The van der Waals surface area contributed by atoms with Crippen molar-refractivity contribution in [1.82, 2.24) is 4.90 Å². The first-order valence-electron chi connectivity index (χ1n) is 8.85. The highest BCUT2D eigenvalue weighted by Gasteiger charge is 2.49. The molecule has 0 fully saturated rings. The van der Waals surface area contributed by atoms with E-state index in [4.69, 9.17) is 0 Å². The average Bonchev–Trinajstić information content (AvgIpc) is 2.71. The third-order valence-corrected chi connectivity index (χ3v) is 4.93. The lowest BCUT2D eigenvalue weighted by Crippen LogP contribution is -2.55. The van der Waals surface area contributed by atoms with Crippen molar-refractivity contribution in [2.24, 2.45) is 0 Å². The van der Waals surface area contributed by atoms with Crippen molar-refractivity contribution in [1.29, 1.82) is 0 Å². The van der Waals surface area contributed by atoms with Crippen LogP contribution in [-0.4, -0.2) is 21.8 Å². The third-order valence-electron chi connectivity index (χ3n) is 4.93. The monoisotopic (exact) mass is 357 g/mol. The molecule has 1 atom stereocenters. The van der Waals surface area contributed by atoms with E-state index in [-0.39, 0.29) is 18.9 Å². The van der Waals surface area contributed by atoms with Gasteiger partial charge < -0.3 is 5.11 Å². The summed E-state index contributed by atoms with van der Waals surface area (Å²) in [5.74, 6) is -0.962. The molecule has 0 aromatic heterocycles. The van der Waals surface area contributed by atoms with E-state index < -0.39 is 11.5 Å². The third kappa shape index (κ3) is 3.04. The molecule has 2 amide bonds. The molecular formula is C23H19NO3. The first kappa shape index (κ1) is 17.2. The fourth-order valence-corrected chi connectivity index (χ4v) is 3.58. The number of amides is 2. The number of benzene rings is 3. The van der Waals surface area contributed by atoms with Crippen LogP contribution < -0.4 is 0 Å². The predicted molar refractivity (Wildman–Crippen MR) is 102 cm³/mol. The molecule has 1 N–H and O–H groups in total. The number of hydrogen-bond acceptors (Lipinski definition) is 3. The van der Waals surface area contributed by atoms with Gasteiger partial charge in [0.15, 0.2) is 5.60 Å². The summed E-state index contributed by atoms with van der Waals surface area (Å²) in [6, 6.07) is 25.5. The molecule has 134 valence electrons. The second-order valence-corrected chi connectivity index (χ2v) is 6.75. The average molecular weight is 357 g/mol. The topological polar surface area (TPSA) is 57.6 Å². The van der Waals surface area contributed by atoms with Gasteiger partial charge in [-0.15, -0.1) is 0 Å². The second-order valence-electron chi connectivity index (χ2n) is 6.75. The molecule has 1 aliphatic heterocycles. The van der Waals surface area contributed by atoms with Gasteiger partial charge in [0, 0.05) is 17.5 Å². The van der Waals surface area contributed by atoms with Gasteiger partial charge in [0.1, 0.15) is 0 Å². The molecule has 0 saturated heterocycles. The molecule has 0 spiro atoms. The molecule has 1 unspecified atom stereocenters. The summed E-state index contributed by atoms with van der Waals surface area (Å²) in [6.45, 7) is 0.129. The number of imide groups is 1. The maximum Gasteiger partial charge on any atom is 0.266 e. The molecule has 27 heavy (non-hydrogen) atoms. The van der Waals surface area contributed by atoms with Crippen LogP contribution in [0.25, 0.3) is 0 Å². The molecule has 0 radical (unpaired) electrons. The summed E-state index contributed by atoms with van der Waals surface area (Å²) >= 11 is 0. The lowest BCUT2D eigenvalue weighted by atomic mass is 9.80. The van der Waals surface area contributed by atoms with E-state index in [9.17, 15) is 14.7 Å². The minimum absolute atomic E-state index is 0.113. The molecule has 4 nitrogen and oxygen atoms in total. The van der Waals surface area contributed by atoms with Gasteiger partial charge in [-0.2, -0.15) is 0 Å². The van der Waals surface area contributed by atoms with Gasteiger partial charge in [-0.3, -0.25) is 14.5 Å². The molecule has 1 aliphatic rings. The van der Waals surface area contributed by atoms with E-state index >= 15 is 0 Å². The van der Waals surface area contributed by atoms with Crippen molar-refractivity contribution in [3.8, 4) is 0 Å². The first-order valence-corrected chi connectivity index (χ1v) is 8.85. The zero-order valence-electron chi connectivity index (χ0n) is 14.7. The standard InChI is InChI=1S/C23H19NO3/c25-21-19-13-7-8-14-20(19)23(27,15-17-9-3-1-4-10-17)22(26)24(21)16-18-11-5-2-6-12-18/h1-14,27H,15-16H2. The molecule has 0 saturated carbocycles. The quantitative estimate of drug-likeness (QED) is 0.729. The van der Waals surface area contributed by atoms with E-state index in [1.54, 1.807) is 24.3 Å². The summed E-state index contributed by atoms with van der Waals surface area (Å²) in [5, 5.41) is 11.5. The van der Waals surface area contributed by atoms with Gasteiger partial charge in [-0.05, 0) is 17.2 Å². The molecular weight excluding hydrogens is 338 g/mol. The minimum Gasteiger partial charge on any atom is -0.375 e. The number of carbonyl (C=O) groups excluding carboxylic acids is 2. The van der Waals surface area contributed by atoms with Gasteiger partial charge in [-0.1, -0.05) is 78.9 Å². The van der Waals surface area contributed by atoms with Crippen LogP contribution in [0.4, 0.5) is 0 Å². The lowest BCUT2D eigenvalue weighted by Gasteiger charge is -2.38. The van der Waals surface area contributed by atoms with E-state index in [1.807, 2.05) is 60.7 Å². The normalized spacial score (nSPS) is 19.1. The zero-order valence-corrected chi connectivity index (χ0v) is 14.7. The smallest absolute Gasteiger partial charge is 0.266 e.